The van der Waals surface area contributed by atoms with Gasteiger partial charge in [0.25, 0.3) is 25.2 Å². The van der Waals surface area contributed by atoms with E-state index in [4.69, 9.17) is 46.4 Å². The first-order chi connectivity index (χ1) is 57.2. The van der Waals surface area contributed by atoms with Crippen molar-refractivity contribution in [3.8, 4) is 41.2 Å². The third-order valence-electron chi connectivity index (χ3n) is 18.7. The molecule has 28 heteroatoms. The Morgan fingerprint density at radius 3 is 1.33 bits per heavy atom. The fourth-order valence-electron chi connectivity index (χ4n) is 12.5. The Hall–Kier alpha value is -7.37. The second-order valence-electron chi connectivity index (χ2n) is 27.5. The van der Waals surface area contributed by atoms with Crippen molar-refractivity contribution in [3.05, 3.63) is 191 Å². The van der Waals surface area contributed by atoms with Gasteiger partial charge in [0.05, 0.1) is 73.5 Å². The van der Waals surface area contributed by atoms with Gasteiger partial charge in [0, 0.05) is 93.6 Å². The lowest BCUT2D eigenvalue weighted by Gasteiger charge is -2.37. The van der Waals surface area contributed by atoms with Crippen LogP contribution in [-0.2, 0) is 28.7 Å². The number of nitrogens with one attached hydrogen (secondary N) is 3. The van der Waals surface area contributed by atoms with E-state index < -0.39 is 97.6 Å². The largest absolute Gasteiger partial charge is 0.497 e. The summed E-state index contributed by atoms with van der Waals surface area (Å²) in [5.41, 5.74) is 0.647. The van der Waals surface area contributed by atoms with E-state index in [0.717, 1.165) is 37.2 Å². The Kier molecular flexibility index (Phi) is 43.8. The normalized spacial score (nSPS) is 19.6. The zero-order valence-corrected chi connectivity index (χ0v) is 71.0. The average molecular weight is 1710 g/mol. The second-order valence-corrected chi connectivity index (χ2v) is 30.1. The molecule has 626 valence electrons. The van der Waals surface area contributed by atoms with Crippen LogP contribution in [0.4, 0.5) is 0 Å². The number of unbranched alkanes of at least 4 members (excludes halogenated alkanes) is 16. The van der Waals surface area contributed by atoms with E-state index >= 15 is 0 Å². The molecular weight excluding hydrogens is 1580 g/mol. The number of nitriles is 1. The summed E-state index contributed by atoms with van der Waals surface area (Å²) in [7, 11) is 5.72. The number of halogens is 1. The van der Waals surface area contributed by atoms with E-state index in [1.807, 2.05) is 52.9 Å². The molecule has 0 radical (unpaired) electrons. The fourth-order valence-corrected chi connectivity index (χ4v) is 14.7. The van der Waals surface area contributed by atoms with Crippen molar-refractivity contribution in [2.45, 2.75) is 283 Å². The van der Waals surface area contributed by atoms with Gasteiger partial charge in [-0.3, -0.25) is 43.0 Å². The standard InChI is InChI=1S/C30H49N4O5P.C22H22O2.C21H32N2O4.C9H11IN2O4.3CH4O/c1-7-8-9-10-11-12-13-14-15-16-18-26-22-33(30(36)32-29(26)35)28-21-27(25(6)38-28)39-40(37-20-17-19-31)34(23(2)3)24(4)5;1-22(17-7-5-4-6-8-17,18-9-13-20(23-2)14-10-18)19-11-15-21(24-3)16-12-19;1-3-4-5-6-7-8-9-10-11-12-13-17-15-23(21(26)22-20(17)25)19-14-18(24)16(2)27-19;1-4-6(13)2-7(16-4)12-3-5(10)8(14)11-9(12)15;3*1-2/h22-25,27-28H,7-15,17,20-21H2,1-6H3,(H,32,35,36);4-16H,1-3H3;15-16,18-19,24H,3-11,14H2,1-2H3,(H,22,25,26);3-4,6-7,13H,2H2,1H3,(H,11,14,15);3*2H,1H3/i6D;;2D;1D;3*2T. The number of rotatable bonds is 32. The molecule has 0 amide bonds. The molecule has 3 fully saturated rings. The fraction of sp³-hybridized carbons (Fsp3) is 0.588. The molecule has 10 unspecified atom stereocenters. The molecule has 9 rings (SSSR count). The molecule has 3 aliphatic heterocycles. The summed E-state index contributed by atoms with van der Waals surface area (Å²) in [6.07, 6.45) is 20.3. The van der Waals surface area contributed by atoms with Crippen LogP contribution in [0, 0.1) is 38.6 Å². The van der Waals surface area contributed by atoms with Gasteiger partial charge in [0.15, 0.2) is 0 Å². The quantitative estimate of drug-likeness (QED) is 0.00639. The molecule has 0 bridgehead atoms. The van der Waals surface area contributed by atoms with Crippen LogP contribution in [0.25, 0.3) is 0 Å². The minimum Gasteiger partial charge on any atom is -0.497 e. The van der Waals surface area contributed by atoms with E-state index in [2.05, 4.69) is 162 Å². The van der Waals surface area contributed by atoms with Crippen LogP contribution in [0.2, 0.25) is 0 Å². The molecule has 10 atom stereocenters. The molecule has 26 nitrogen and oxygen atoms in total. The first-order valence-electron chi connectivity index (χ1n) is 42.1. The van der Waals surface area contributed by atoms with Crippen molar-refractivity contribution < 1.29 is 62.4 Å². The first kappa shape index (κ1) is 89.6. The predicted molar refractivity (Wildman–Crippen MR) is 452 cm³/mol. The predicted octanol–water partition coefficient (Wildman–Crippen LogP) is 13.2. The van der Waals surface area contributed by atoms with Crippen LogP contribution in [0.5, 0.6) is 11.5 Å². The number of ether oxygens (including phenoxy) is 5. The Labute approximate surface area is 690 Å². The first-order valence-corrected chi connectivity index (χ1v) is 40.9. The van der Waals surface area contributed by atoms with Crippen molar-refractivity contribution in [2.75, 3.05) is 42.2 Å². The lowest BCUT2D eigenvalue weighted by Crippen LogP contribution is -2.35. The molecular formula is C85H126IN8O18P. The second kappa shape index (κ2) is 55.2. The number of aliphatic hydroxyl groups is 5. The molecule has 6 heterocycles. The summed E-state index contributed by atoms with van der Waals surface area (Å²) in [4.78, 5) is 78.8. The van der Waals surface area contributed by atoms with Crippen LogP contribution >= 0.6 is 31.1 Å². The molecule has 6 aromatic rings. The number of benzene rings is 3. The van der Waals surface area contributed by atoms with Crippen molar-refractivity contribution in [3.63, 3.8) is 0 Å². The number of hydrogen-bond acceptors (Lipinski definition) is 20. The van der Waals surface area contributed by atoms with E-state index in [-0.39, 0.29) is 75.2 Å². The van der Waals surface area contributed by atoms with Crippen molar-refractivity contribution >= 4 is 31.1 Å². The molecule has 8 N–H and O–H groups in total. The van der Waals surface area contributed by atoms with Crippen LogP contribution in [0.1, 0.15) is 261 Å². The summed E-state index contributed by atoms with van der Waals surface area (Å²) in [6, 6.07) is 29.5. The molecule has 3 saturated heterocycles. The van der Waals surface area contributed by atoms with Crippen LogP contribution in [0.15, 0.2) is 126 Å². The SMILES string of the molecule is COc1ccc(C(C)(c2ccccc2)c2ccc(OC)cc2)cc1.[2H]CC1OC(n2cc(C#CCCCCCCCCCC)c(=O)[nH]c2=O)CC1O.[2H]CC1OC(n2cc(C#CCCCCCCCCCC)c(=O)[nH]c2=O)CC1OP(OCCC#N)N(C(C)C)C(C)C.[2H]CC1OC(n2cc(I)c(=O)[nH]c2=O)CC1O.[3H]OC.[3H]OC.[3H]OC. The van der Waals surface area contributed by atoms with Crippen LogP contribution in [0.3, 0.4) is 0 Å². The van der Waals surface area contributed by atoms with Gasteiger partial charge in [0.1, 0.15) is 41.3 Å². The van der Waals surface area contributed by atoms with Crippen molar-refractivity contribution in [2.24, 2.45) is 0 Å². The zero-order valence-electron chi connectivity index (χ0n) is 74.0. The Bertz CT molecular complexity index is 4300. The van der Waals surface area contributed by atoms with Gasteiger partial charge in [-0.1, -0.05) is 182 Å². The van der Waals surface area contributed by atoms with E-state index in [1.165, 1.54) is 147 Å². The number of H-pyrrole nitrogens is 3. The van der Waals surface area contributed by atoms with Gasteiger partial charge in [0.2, 0.25) is 4.29 Å². The minimum absolute atomic E-state index is 0.0603. The average Bonchev–Trinajstić information content (AvgIpc) is 1.72. The molecule has 3 aliphatic rings. The molecule has 3 aromatic heterocycles. The topological polar surface area (TPSA) is 357 Å². The third kappa shape index (κ3) is 32.7. The van der Waals surface area contributed by atoms with E-state index in [9.17, 15) is 39.0 Å². The highest BCUT2D eigenvalue weighted by Crippen LogP contribution is 2.50. The Balaban J connectivity index is 0.000000411. The smallest absolute Gasteiger partial charge is 0.330 e. The maximum atomic E-state index is 12.7. The number of hydrogen-bond donors (Lipinski definition) is 8. The molecule has 113 heavy (non-hydrogen) atoms. The number of nitrogens with zero attached hydrogens (tertiary/aromatic N) is 5. The van der Waals surface area contributed by atoms with Gasteiger partial charge in [-0.25, -0.2) is 19.1 Å². The molecule has 0 aliphatic carbocycles. The highest BCUT2D eigenvalue weighted by Gasteiger charge is 2.40. The van der Waals surface area contributed by atoms with Crippen molar-refractivity contribution in [1.82, 2.24) is 33.3 Å². The number of aliphatic hydroxyl groups excluding tert-OH is 5. The third-order valence-corrected chi connectivity index (χ3v) is 21.6. The summed E-state index contributed by atoms with van der Waals surface area (Å²) < 4.78 is 86.1. The number of methoxy groups -OCH3 is 2. The molecule has 3 aromatic carbocycles. The Morgan fingerprint density at radius 2 is 0.947 bits per heavy atom. The maximum absolute atomic E-state index is 12.7. The lowest BCUT2D eigenvalue weighted by molar-refractivity contribution is -0.0102. The summed E-state index contributed by atoms with van der Waals surface area (Å²) >= 11 is 1.81. The van der Waals surface area contributed by atoms with E-state index in [0.29, 0.717) is 22.8 Å². The number of aromatic amines is 3. The monoisotopic (exact) mass is 1710 g/mol. The molecule has 0 saturated carbocycles. The maximum Gasteiger partial charge on any atom is 0.330 e. The van der Waals surface area contributed by atoms with Gasteiger partial charge in [-0.05, 0) is 132 Å². The summed E-state index contributed by atoms with van der Waals surface area (Å²) in [6.45, 7) is 14.9. The van der Waals surface area contributed by atoms with Gasteiger partial charge < -0.3 is 58.3 Å². The van der Waals surface area contributed by atoms with Crippen LogP contribution in [-0.4, -0.2) is 154 Å². The Morgan fingerprint density at radius 1 is 0.575 bits per heavy atom. The minimum atomic E-state index is -1.53. The lowest BCUT2D eigenvalue weighted by atomic mass is 9.71. The molecule has 0 spiro atoms. The zero-order chi connectivity index (χ0) is 88.2. The van der Waals surface area contributed by atoms with Gasteiger partial charge >= 0.3 is 17.1 Å². The van der Waals surface area contributed by atoms with Gasteiger partial charge in [-0.2, -0.15) is 5.26 Å². The summed E-state index contributed by atoms with van der Waals surface area (Å²) in [5.74, 6) is 13.6. The van der Waals surface area contributed by atoms with Crippen LogP contribution < -0.4 is 43.2 Å². The highest BCUT2D eigenvalue weighted by atomic mass is 127. The van der Waals surface area contributed by atoms with Gasteiger partial charge in [-0.15, -0.1) is 0 Å². The number of aromatic nitrogens is 6. The van der Waals surface area contributed by atoms with Crippen molar-refractivity contribution in [1.29, 1.82) is 9.56 Å². The summed E-state index contributed by atoms with van der Waals surface area (Å²) in [5, 5.41) is 39.0. The highest BCUT2D eigenvalue weighted by molar-refractivity contribution is 14.1. The van der Waals surface area contributed by atoms with E-state index in [1.54, 1.807) is 14.2 Å².